The molecule has 136 valence electrons. The molecule has 4 rings (SSSR count). The Balaban J connectivity index is 1.37. The topological polar surface area (TPSA) is 56.8 Å². The van der Waals surface area contributed by atoms with Gasteiger partial charge in [-0.15, -0.1) is 0 Å². The Kier molecular flexibility index (Phi) is 4.92. The van der Waals surface area contributed by atoms with E-state index >= 15 is 0 Å². The lowest BCUT2D eigenvalue weighted by Gasteiger charge is -2.10. The molecule has 0 aromatic heterocycles. The van der Waals surface area contributed by atoms with Gasteiger partial charge in [-0.05, 0) is 35.4 Å². The molecule has 27 heavy (non-hydrogen) atoms. The van der Waals surface area contributed by atoms with E-state index in [1.165, 1.54) is 0 Å². The Labute approximate surface area is 157 Å². The minimum atomic E-state index is -0.191. The molecule has 5 nitrogen and oxygen atoms in total. The SMILES string of the molecule is O=C(NCc1cccc(COc2ccccc2)c1)c1cccc2c1OCO2. The molecule has 0 atom stereocenters. The molecule has 1 aliphatic rings. The Bertz CT molecular complexity index is 940. The molecule has 1 N–H and O–H groups in total. The smallest absolute Gasteiger partial charge is 0.255 e. The number of nitrogens with one attached hydrogen (secondary N) is 1. The summed E-state index contributed by atoms with van der Waals surface area (Å²) in [6, 6.07) is 22.9. The predicted molar refractivity (Wildman–Crippen MR) is 101 cm³/mol. The first kappa shape index (κ1) is 17.0. The Hall–Kier alpha value is -3.47. The van der Waals surface area contributed by atoms with Crippen molar-refractivity contribution in [1.29, 1.82) is 0 Å². The molecule has 5 heteroatoms. The molecule has 0 fully saturated rings. The van der Waals surface area contributed by atoms with Crippen LogP contribution in [0.15, 0.2) is 72.8 Å². The van der Waals surface area contributed by atoms with Crippen LogP contribution in [0.1, 0.15) is 21.5 Å². The molecule has 1 heterocycles. The van der Waals surface area contributed by atoms with Gasteiger partial charge in [-0.1, -0.05) is 48.5 Å². The van der Waals surface area contributed by atoms with Crippen LogP contribution >= 0.6 is 0 Å². The summed E-state index contributed by atoms with van der Waals surface area (Å²) in [5.74, 6) is 1.74. The fourth-order valence-electron chi connectivity index (χ4n) is 2.90. The third-order valence-electron chi connectivity index (χ3n) is 4.23. The molecule has 0 unspecified atom stereocenters. The number of benzene rings is 3. The summed E-state index contributed by atoms with van der Waals surface area (Å²) in [6.07, 6.45) is 0. The van der Waals surface area contributed by atoms with E-state index in [-0.39, 0.29) is 12.7 Å². The van der Waals surface area contributed by atoms with Crippen LogP contribution in [-0.4, -0.2) is 12.7 Å². The normalized spacial score (nSPS) is 11.9. The maximum Gasteiger partial charge on any atom is 0.255 e. The average molecular weight is 361 g/mol. The number of ether oxygens (including phenoxy) is 3. The van der Waals surface area contributed by atoms with Crippen LogP contribution in [0.25, 0.3) is 0 Å². The van der Waals surface area contributed by atoms with Crippen molar-refractivity contribution >= 4 is 5.91 Å². The van der Waals surface area contributed by atoms with Gasteiger partial charge in [0, 0.05) is 6.54 Å². The molecule has 0 aliphatic carbocycles. The summed E-state index contributed by atoms with van der Waals surface area (Å²) < 4.78 is 16.5. The summed E-state index contributed by atoms with van der Waals surface area (Å²) in [6.45, 7) is 1.04. The maximum absolute atomic E-state index is 12.5. The summed E-state index contributed by atoms with van der Waals surface area (Å²) >= 11 is 0. The Morgan fingerprint density at radius 1 is 0.926 bits per heavy atom. The second-order valence-corrected chi connectivity index (χ2v) is 6.14. The van der Waals surface area contributed by atoms with Crippen LogP contribution in [0.2, 0.25) is 0 Å². The number of rotatable bonds is 6. The van der Waals surface area contributed by atoms with Gasteiger partial charge >= 0.3 is 0 Å². The molecular formula is C22H19NO4. The van der Waals surface area contributed by atoms with Gasteiger partial charge in [0.2, 0.25) is 6.79 Å². The van der Waals surface area contributed by atoms with Gasteiger partial charge in [-0.2, -0.15) is 0 Å². The zero-order chi connectivity index (χ0) is 18.5. The number of amides is 1. The second kappa shape index (κ2) is 7.83. The third-order valence-corrected chi connectivity index (χ3v) is 4.23. The lowest BCUT2D eigenvalue weighted by Crippen LogP contribution is -2.23. The molecule has 0 saturated heterocycles. The first-order chi connectivity index (χ1) is 13.3. The number of para-hydroxylation sites is 2. The number of hydrogen-bond acceptors (Lipinski definition) is 4. The van der Waals surface area contributed by atoms with Gasteiger partial charge in [-0.25, -0.2) is 0 Å². The van der Waals surface area contributed by atoms with Gasteiger partial charge in [0.05, 0.1) is 5.56 Å². The highest BCUT2D eigenvalue weighted by molar-refractivity contribution is 5.97. The van der Waals surface area contributed by atoms with Crippen LogP contribution in [0.5, 0.6) is 17.2 Å². The summed E-state index contributed by atoms with van der Waals surface area (Å²) in [7, 11) is 0. The van der Waals surface area contributed by atoms with Crippen molar-refractivity contribution in [3.05, 3.63) is 89.5 Å². The van der Waals surface area contributed by atoms with Crippen molar-refractivity contribution in [2.45, 2.75) is 13.2 Å². The van der Waals surface area contributed by atoms with Crippen molar-refractivity contribution in [2.75, 3.05) is 6.79 Å². The van der Waals surface area contributed by atoms with E-state index in [2.05, 4.69) is 5.32 Å². The first-order valence-corrected chi connectivity index (χ1v) is 8.72. The largest absolute Gasteiger partial charge is 0.489 e. The maximum atomic E-state index is 12.5. The van der Waals surface area contributed by atoms with Crippen molar-refractivity contribution in [1.82, 2.24) is 5.32 Å². The third kappa shape index (κ3) is 4.03. The first-order valence-electron chi connectivity index (χ1n) is 8.72. The highest BCUT2D eigenvalue weighted by atomic mass is 16.7. The number of carbonyl (C=O) groups is 1. The van der Waals surface area contributed by atoms with Crippen molar-refractivity contribution in [2.24, 2.45) is 0 Å². The molecule has 3 aromatic carbocycles. The van der Waals surface area contributed by atoms with Gasteiger partial charge in [-0.3, -0.25) is 4.79 Å². The summed E-state index contributed by atoms with van der Waals surface area (Å²) in [4.78, 5) is 12.5. The number of hydrogen-bond donors (Lipinski definition) is 1. The van der Waals surface area contributed by atoms with E-state index in [0.29, 0.717) is 30.2 Å². The zero-order valence-corrected chi connectivity index (χ0v) is 14.7. The number of carbonyl (C=O) groups excluding carboxylic acids is 1. The standard InChI is InChI=1S/C22H19NO4/c24-22(19-10-5-11-20-21(19)27-15-26-20)23-13-16-6-4-7-17(12-16)14-25-18-8-2-1-3-9-18/h1-12H,13-15H2,(H,23,24). The Morgan fingerprint density at radius 2 is 1.74 bits per heavy atom. The zero-order valence-electron chi connectivity index (χ0n) is 14.7. The Morgan fingerprint density at radius 3 is 2.63 bits per heavy atom. The molecule has 0 bridgehead atoms. The van der Waals surface area contributed by atoms with Gasteiger partial charge in [0.15, 0.2) is 11.5 Å². The predicted octanol–water partition coefficient (Wildman–Crippen LogP) is 3.92. The minimum Gasteiger partial charge on any atom is -0.489 e. The molecule has 0 saturated carbocycles. The molecule has 0 radical (unpaired) electrons. The molecule has 1 amide bonds. The van der Waals surface area contributed by atoms with E-state index in [1.807, 2.05) is 54.6 Å². The van der Waals surface area contributed by atoms with Crippen LogP contribution in [0.3, 0.4) is 0 Å². The lowest BCUT2D eigenvalue weighted by molar-refractivity contribution is 0.0946. The van der Waals surface area contributed by atoms with Crippen LogP contribution in [0, 0.1) is 0 Å². The van der Waals surface area contributed by atoms with E-state index in [9.17, 15) is 4.79 Å². The van der Waals surface area contributed by atoms with Crippen LogP contribution in [-0.2, 0) is 13.2 Å². The summed E-state index contributed by atoms with van der Waals surface area (Å²) in [5, 5.41) is 2.93. The average Bonchev–Trinajstić information content (AvgIpc) is 3.20. The monoisotopic (exact) mass is 361 g/mol. The molecule has 3 aromatic rings. The molecule has 1 aliphatic heterocycles. The summed E-state index contributed by atoms with van der Waals surface area (Å²) in [5.41, 5.74) is 2.53. The highest BCUT2D eigenvalue weighted by Crippen LogP contribution is 2.35. The second-order valence-electron chi connectivity index (χ2n) is 6.14. The fraction of sp³-hybridized carbons (Fsp3) is 0.136. The van der Waals surface area contributed by atoms with Gasteiger partial charge < -0.3 is 19.5 Å². The van der Waals surface area contributed by atoms with Gasteiger partial charge in [0.1, 0.15) is 12.4 Å². The van der Waals surface area contributed by atoms with Gasteiger partial charge in [0.25, 0.3) is 5.91 Å². The minimum absolute atomic E-state index is 0.142. The van der Waals surface area contributed by atoms with Crippen molar-refractivity contribution in [3.8, 4) is 17.2 Å². The van der Waals surface area contributed by atoms with Crippen molar-refractivity contribution in [3.63, 3.8) is 0 Å². The van der Waals surface area contributed by atoms with E-state index in [1.54, 1.807) is 18.2 Å². The molecule has 0 spiro atoms. The number of fused-ring (bicyclic) bond motifs is 1. The van der Waals surface area contributed by atoms with E-state index < -0.39 is 0 Å². The lowest BCUT2D eigenvalue weighted by atomic mass is 10.1. The fourth-order valence-corrected chi connectivity index (χ4v) is 2.90. The highest BCUT2D eigenvalue weighted by Gasteiger charge is 2.21. The van der Waals surface area contributed by atoms with E-state index in [4.69, 9.17) is 14.2 Å². The van der Waals surface area contributed by atoms with Crippen molar-refractivity contribution < 1.29 is 19.0 Å². The molecular weight excluding hydrogens is 342 g/mol. The van der Waals surface area contributed by atoms with E-state index in [0.717, 1.165) is 16.9 Å². The van der Waals surface area contributed by atoms with Crippen LogP contribution in [0.4, 0.5) is 0 Å². The van der Waals surface area contributed by atoms with Crippen LogP contribution < -0.4 is 19.5 Å². The quantitative estimate of drug-likeness (QED) is 0.723.